The van der Waals surface area contributed by atoms with E-state index in [1.807, 2.05) is 11.9 Å². The molecule has 1 rings (SSSR count). The molecule has 64 valence electrons. The lowest BCUT2D eigenvalue weighted by molar-refractivity contribution is -0.629. The first-order valence-electron chi connectivity index (χ1n) is 3.60. The van der Waals surface area contributed by atoms with E-state index >= 15 is 0 Å². The fourth-order valence-electron chi connectivity index (χ4n) is 1.16. The van der Waals surface area contributed by atoms with Crippen molar-refractivity contribution in [2.24, 2.45) is 0 Å². The quantitative estimate of drug-likeness (QED) is 0.324. The molecule has 0 bridgehead atoms. The molecule has 0 aliphatic carbocycles. The lowest BCUT2D eigenvalue weighted by Gasteiger charge is -2.29. The molecule has 11 heavy (non-hydrogen) atoms. The van der Waals surface area contributed by atoms with Crippen LogP contribution in [-0.4, -0.2) is 40.8 Å². The third kappa shape index (κ3) is 1.66. The Morgan fingerprint density at radius 3 is 2.36 bits per heavy atom. The van der Waals surface area contributed by atoms with Gasteiger partial charge in [-0.15, -0.1) is 0 Å². The zero-order valence-electron chi connectivity index (χ0n) is 6.49. The fraction of sp³-hybridized carbons (Fsp3) is 1.00. The number of piperidine rings is 1. The molecule has 1 fully saturated rings. The molecule has 0 amide bonds. The number of nitrogens with zero attached hydrogens (tertiary/aromatic N) is 2. The maximum atomic E-state index is 10.3. The van der Waals surface area contributed by atoms with Gasteiger partial charge in [0.1, 0.15) is 0 Å². The van der Waals surface area contributed by atoms with Crippen molar-refractivity contribution in [2.75, 3.05) is 20.1 Å². The standard InChI is InChI=1S/C6H12N2O3/c1-7-4-2-6(9,3-5-7)8(10)11/h9H,2-5H2,1H3. The monoisotopic (exact) mass is 160 g/mol. The second kappa shape index (κ2) is 2.75. The van der Waals surface area contributed by atoms with Gasteiger partial charge in [0.15, 0.2) is 0 Å². The molecule has 1 saturated heterocycles. The fourth-order valence-corrected chi connectivity index (χ4v) is 1.16. The van der Waals surface area contributed by atoms with Gasteiger partial charge in [-0.2, -0.15) is 0 Å². The Bertz CT molecular complexity index is 163. The van der Waals surface area contributed by atoms with Crippen molar-refractivity contribution in [3.8, 4) is 0 Å². The van der Waals surface area contributed by atoms with Crippen molar-refractivity contribution in [3.05, 3.63) is 10.1 Å². The van der Waals surface area contributed by atoms with Crippen LogP contribution in [0.2, 0.25) is 0 Å². The van der Waals surface area contributed by atoms with Gasteiger partial charge in [-0.05, 0) is 7.05 Å². The van der Waals surface area contributed by atoms with E-state index in [2.05, 4.69) is 0 Å². The first-order chi connectivity index (χ1) is 5.04. The number of hydrogen-bond donors (Lipinski definition) is 1. The van der Waals surface area contributed by atoms with Crippen molar-refractivity contribution >= 4 is 0 Å². The Hall–Kier alpha value is -0.680. The van der Waals surface area contributed by atoms with Crippen LogP contribution in [0.3, 0.4) is 0 Å². The van der Waals surface area contributed by atoms with Gasteiger partial charge >= 0.3 is 5.72 Å². The van der Waals surface area contributed by atoms with Gasteiger partial charge in [-0.1, -0.05) is 0 Å². The molecule has 0 atom stereocenters. The summed E-state index contributed by atoms with van der Waals surface area (Å²) in [4.78, 5) is 11.7. The Labute approximate surface area is 64.8 Å². The molecular weight excluding hydrogens is 148 g/mol. The lowest BCUT2D eigenvalue weighted by atomic mass is 10.0. The molecule has 1 N–H and O–H groups in total. The van der Waals surface area contributed by atoms with E-state index < -0.39 is 10.6 Å². The van der Waals surface area contributed by atoms with Gasteiger partial charge in [-0.25, -0.2) is 0 Å². The highest BCUT2D eigenvalue weighted by Crippen LogP contribution is 2.21. The van der Waals surface area contributed by atoms with E-state index in [0.717, 1.165) is 0 Å². The molecule has 5 nitrogen and oxygen atoms in total. The number of likely N-dealkylation sites (tertiary alicyclic amines) is 1. The van der Waals surface area contributed by atoms with Crippen molar-refractivity contribution in [1.29, 1.82) is 0 Å². The van der Waals surface area contributed by atoms with Crippen molar-refractivity contribution in [2.45, 2.75) is 18.6 Å². The van der Waals surface area contributed by atoms with Crippen LogP contribution in [-0.2, 0) is 0 Å². The van der Waals surface area contributed by atoms with Crippen molar-refractivity contribution in [3.63, 3.8) is 0 Å². The lowest BCUT2D eigenvalue weighted by Crippen LogP contribution is -2.47. The van der Waals surface area contributed by atoms with Gasteiger partial charge in [0.05, 0.1) is 17.8 Å². The molecule has 0 unspecified atom stereocenters. The summed E-state index contributed by atoms with van der Waals surface area (Å²) in [6.45, 7) is 1.19. The van der Waals surface area contributed by atoms with E-state index in [1.54, 1.807) is 0 Å². The first-order valence-corrected chi connectivity index (χ1v) is 3.60. The number of nitro groups is 1. The summed E-state index contributed by atoms with van der Waals surface area (Å²) in [6.07, 6.45) is 0.465. The summed E-state index contributed by atoms with van der Waals surface area (Å²) in [5.41, 5.74) is -1.66. The molecule has 1 aliphatic heterocycles. The highest BCUT2D eigenvalue weighted by molar-refractivity contribution is 4.75. The summed E-state index contributed by atoms with van der Waals surface area (Å²) in [6, 6.07) is 0. The molecule has 0 aromatic rings. The predicted octanol–water partition coefficient (Wildman–Crippen LogP) is -0.323. The number of rotatable bonds is 1. The maximum Gasteiger partial charge on any atom is 0.324 e. The third-order valence-electron chi connectivity index (χ3n) is 2.13. The number of aliphatic hydroxyl groups is 1. The Balaban J connectivity index is 2.55. The van der Waals surface area contributed by atoms with Crippen LogP contribution in [0, 0.1) is 10.1 Å². The minimum absolute atomic E-state index is 0.233. The van der Waals surface area contributed by atoms with E-state index in [9.17, 15) is 15.2 Å². The second-order valence-corrected chi connectivity index (χ2v) is 3.04. The molecule has 0 radical (unpaired) electrons. The average molecular weight is 160 g/mol. The van der Waals surface area contributed by atoms with Crippen molar-refractivity contribution in [1.82, 2.24) is 4.90 Å². The molecular formula is C6H12N2O3. The molecule has 0 saturated carbocycles. The van der Waals surface area contributed by atoms with E-state index in [1.165, 1.54) is 0 Å². The summed E-state index contributed by atoms with van der Waals surface area (Å²) in [5, 5.41) is 19.7. The van der Waals surface area contributed by atoms with Gasteiger partial charge in [0.25, 0.3) is 0 Å². The minimum Gasteiger partial charge on any atom is -0.331 e. The highest BCUT2D eigenvalue weighted by atomic mass is 16.7. The zero-order valence-corrected chi connectivity index (χ0v) is 6.49. The summed E-state index contributed by atoms with van der Waals surface area (Å²) in [5.74, 6) is 0. The summed E-state index contributed by atoms with van der Waals surface area (Å²) in [7, 11) is 1.89. The van der Waals surface area contributed by atoms with Crippen LogP contribution >= 0.6 is 0 Å². The number of hydrogen-bond acceptors (Lipinski definition) is 4. The third-order valence-corrected chi connectivity index (χ3v) is 2.13. The van der Waals surface area contributed by atoms with Crippen LogP contribution in [0.4, 0.5) is 0 Å². The topological polar surface area (TPSA) is 66.6 Å². The summed E-state index contributed by atoms with van der Waals surface area (Å²) >= 11 is 0. The Kier molecular flexibility index (Phi) is 2.10. The van der Waals surface area contributed by atoms with Crippen LogP contribution in [0.1, 0.15) is 12.8 Å². The highest BCUT2D eigenvalue weighted by Gasteiger charge is 2.42. The Morgan fingerprint density at radius 1 is 1.55 bits per heavy atom. The molecule has 1 heterocycles. The van der Waals surface area contributed by atoms with Gasteiger partial charge < -0.3 is 10.0 Å². The largest absolute Gasteiger partial charge is 0.331 e. The minimum atomic E-state index is -1.66. The van der Waals surface area contributed by atoms with E-state index in [0.29, 0.717) is 13.1 Å². The van der Waals surface area contributed by atoms with Gasteiger partial charge in [0.2, 0.25) is 0 Å². The van der Waals surface area contributed by atoms with Crippen molar-refractivity contribution < 1.29 is 10.0 Å². The Morgan fingerprint density at radius 2 is 2.00 bits per heavy atom. The SMILES string of the molecule is CN1CCC(O)([N+](=O)[O-])CC1. The maximum absolute atomic E-state index is 10.3. The van der Waals surface area contributed by atoms with Crippen LogP contribution in [0.25, 0.3) is 0 Å². The summed E-state index contributed by atoms with van der Waals surface area (Å²) < 4.78 is 0. The average Bonchev–Trinajstić information content (AvgIpc) is 1.95. The van der Waals surface area contributed by atoms with E-state index in [4.69, 9.17) is 0 Å². The molecule has 0 aromatic carbocycles. The first kappa shape index (κ1) is 8.42. The molecule has 1 aliphatic rings. The molecule has 0 aromatic heterocycles. The van der Waals surface area contributed by atoms with E-state index in [-0.39, 0.29) is 12.8 Å². The predicted molar refractivity (Wildman–Crippen MR) is 38.7 cm³/mol. The van der Waals surface area contributed by atoms with Gasteiger partial charge in [0, 0.05) is 13.1 Å². The second-order valence-electron chi connectivity index (χ2n) is 3.04. The van der Waals surface area contributed by atoms with Gasteiger partial charge in [-0.3, -0.25) is 10.1 Å². The normalized spacial score (nSPS) is 24.9. The molecule has 5 heteroatoms. The zero-order chi connectivity index (χ0) is 8.48. The van der Waals surface area contributed by atoms with Crippen LogP contribution in [0.15, 0.2) is 0 Å². The molecule has 0 spiro atoms. The van der Waals surface area contributed by atoms with Crippen LogP contribution in [0.5, 0.6) is 0 Å². The van der Waals surface area contributed by atoms with Crippen LogP contribution < -0.4 is 0 Å². The smallest absolute Gasteiger partial charge is 0.324 e.